The lowest BCUT2D eigenvalue weighted by atomic mass is 10.2. The van der Waals surface area contributed by atoms with Crippen LogP contribution in [0, 0.1) is 5.82 Å². The molecule has 2 rings (SSSR count). The van der Waals surface area contributed by atoms with Crippen molar-refractivity contribution in [1.82, 2.24) is 4.90 Å². The van der Waals surface area contributed by atoms with Crippen LogP contribution < -0.4 is 4.74 Å². The van der Waals surface area contributed by atoms with Gasteiger partial charge in [-0.05, 0) is 18.2 Å². The molecule has 1 aromatic rings. The standard InChI is InChI=1S/C13H13BrFNO5/c14-7-1-2-11(9(15)3-7)21-6-12(18)16-5-8(17)4-10(16)13(19)20/h1-3,8,10,17H,4-6H2,(H,19,20)/t8-,10-/m0/s1. The highest BCUT2D eigenvalue weighted by atomic mass is 79.9. The van der Waals surface area contributed by atoms with Crippen molar-refractivity contribution < 1.29 is 28.9 Å². The van der Waals surface area contributed by atoms with Crippen molar-refractivity contribution in [3.05, 3.63) is 28.5 Å². The number of benzene rings is 1. The third-order valence-corrected chi connectivity index (χ3v) is 3.62. The number of nitrogens with zero attached hydrogens (tertiary/aromatic N) is 1. The van der Waals surface area contributed by atoms with E-state index in [1.807, 2.05) is 0 Å². The number of β-amino-alcohol motifs (C(OH)–C–C–N with tert-alkyl or cyclic N) is 1. The van der Waals surface area contributed by atoms with Gasteiger partial charge in [0.05, 0.1) is 6.10 Å². The van der Waals surface area contributed by atoms with Gasteiger partial charge in [-0.15, -0.1) is 0 Å². The number of ether oxygens (including phenoxy) is 1. The van der Waals surface area contributed by atoms with Gasteiger partial charge in [0, 0.05) is 17.4 Å². The Hall–Kier alpha value is -1.67. The average molecular weight is 362 g/mol. The number of likely N-dealkylation sites (tertiary alicyclic amines) is 1. The fourth-order valence-electron chi connectivity index (χ4n) is 2.14. The van der Waals surface area contributed by atoms with Gasteiger partial charge in [0.1, 0.15) is 6.04 Å². The fourth-order valence-corrected chi connectivity index (χ4v) is 2.47. The predicted molar refractivity (Wildman–Crippen MR) is 73.4 cm³/mol. The van der Waals surface area contributed by atoms with E-state index >= 15 is 0 Å². The molecule has 1 heterocycles. The Morgan fingerprint density at radius 1 is 1.48 bits per heavy atom. The summed E-state index contributed by atoms with van der Waals surface area (Å²) in [6, 6.07) is 3.04. The van der Waals surface area contributed by atoms with Gasteiger partial charge in [0.25, 0.3) is 5.91 Å². The highest BCUT2D eigenvalue weighted by Crippen LogP contribution is 2.22. The third-order valence-electron chi connectivity index (χ3n) is 3.13. The van der Waals surface area contributed by atoms with Crippen LogP contribution in [0.3, 0.4) is 0 Å². The molecule has 2 N–H and O–H groups in total. The molecular formula is C13H13BrFNO5. The smallest absolute Gasteiger partial charge is 0.326 e. The number of amides is 1. The van der Waals surface area contributed by atoms with Crippen LogP contribution in [0.15, 0.2) is 22.7 Å². The van der Waals surface area contributed by atoms with Gasteiger partial charge in [-0.25, -0.2) is 9.18 Å². The van der Waals surface area contributed by atoms with E-state index in [0.29, 0.717) is 4.47 Å². The van der Waals surface area contributed by atoms with E-state index in [0.717, 1.165) is 4.90 Å². The van der Waals surface area contributed by atoms with Crippen molar-refractivity contribution in [2.24, 2.45) is 0 Å². The number of rotatable bonds is 4. The van der Waals surface area contributed by atoms with Gasteiger partial charge < -0.3 is 19.8 Å². The van der Waals surface area contributed by atoms with Gasteiger partial charge >= 0.3 is 5.97 Å². The minimum Gasteiger partial charge on any atom is -0.481 e. The Balaban J connectivity index is 1.99. The number of halogens is 2. The zero-order chi connectivity index (χ0) is 15.6. The first-order valence-electron chi connectivity index (χ1n) is 6.16. The van der Waals surface area contributed by atoms with Crippen molar-refractivity contribution in [1.29, 1.82) is 0 Å². The molecule has 0 spiro atoms. The monoisotopic (exact) mass is 361 g/mol. The summed E-state index contributed by atoms with van der Waals surface area (Å²) >= 11 is 3.10. The van der Waals surface area contributed by atoms with Gasteiger partial charge in [-0.2, -0.15) is 0 Å². The molecule has 0 unspecified atom stereocenters. The average Bonchev–Trinajstić information content (AvgIpc) is 2.80. The summed E-state index contributed by atoms with van der Waals surface area (Å²) in [5, 5.41) is 18.5. The maximum atomic E-state index is 13.5. The van der Waals surface area contributed by atoms with E-state index in [-0.39, 0.29) is 18.7 Å². The second-order valence-electron chi connectivity index (χ2n) is 4.65. The number of carboxylic acids is 1. The summed E-state index contributed by atoms with van der Waals surface area (Å²) in [6.07, 6.45) is -0.896. The molecule has 2 atom stereocenters. The molecule has 1 saturated heterocycles. The Morgan fingerprint density at radius 3 is 2.81 bits per heavy atom. The van der Waals surface area contributed by atoms with E-state index in [2.05, 4.69) is 15.9 Å². The molecule has 1 fully saturated rings. The van der Waals surface area contributed by atoms with E-state index in [1.165, 1.54) is 12.1 Å². The summed E-state index contributed by atoms with van der Waals surface area (Å²) in [5.74, 6) is -2.53. The Kier molecular flexibility index (Phi) is 4.79. The van der Waals surface area contributed by atoms with Crippen LogP contribution in [0.5, 0.6) is 5.75 Å². The summed E-state index contributed by atoms with van der Waals surface area (Å²) in [4.78, 5) is 24.0. The Morgan fingerprint density at radius 2 is 2.19 bits per heavy atom. The summed E-state index contributed by atoms with van der Waals surface area (Å²) < 4.78 is 19.1. The largest absolute Gasteiger partial charge is 0.481 e. The molecule has 21 heavy (non-hydrogen) atoms. The molecule has 8 heteroatoms. The molecule has 0 bridgehead atoms. The van der Waals surface area contributed by atoms with Crippen molar-refractivity contribution in [3.63, 3.8) is 0 Å². The molecule has 0 saturated carbocycles. The minimum atomic E-state index is -1.19. The van der Waals surface area contributed by atoms with Gasteiger partial charge in [0.15, 0.2) is 18.2 Å². The number of hydrogen-bond acceptors (Lipinski definition) is 4. The number of carbonyl (C=O) groups excluding carboxylic acids is 1. The number of aliphatic hydroxyl groups is 1. The number of aliphatic hydroxyl groups excluding tert-OH is 1. The van der Waals surface area contributed by atoms with Crippen LogP contribution in [-0.2, 0) is 9.59 Å². The molecule has 114 valence electrons. The fraction of sp³-hybridized carbons (Fsp3) is 0.385. The van der Waals surface area contributed by atoms with Gasteiger partial charge in [-0.1, -0.05) is 15.9 Å². The second-order valence-corrected chi connectivity index (χ2v) is 5.57. The molecule has 1 aliphatic rings. The third kappa shape index (κ3) is 3.70. The molecule has 1 aliphatic heterocycles. The zero-order valence-electron chi connectivity index (χ0n) is 10.8. The number of aliphatic carboxylic acids is 1. The van der Waals surface area contributed by atoms with Gasteiger partial charge in [-0.3, -0.25) is 4.79 Å². The Bertz CT molecular complexity index is 567. The lowest BCUT2D eigenvalue weighted by Gasteiger charge is -2.21. The van der Waals surface area contributed by atoms with E-state index < -0.39 is 36.4 Å². The van der Waals surface area contributed by atoms with Crippen LogP contribution in [0.2, 0.25) is 0 Å². The first kappa shape index (κ1) is 15.7. The second kappa shape index (κ2) is 6.40. The SMILES string of the molecule is O=C(O)[C@@H]1C[C@H](O)CN1C(=O)COc1ccc(Br)cc1F. The molecule has 0 aromatic heterocycles. The molecule has 0 radical (unpaired) electrons. The van der Waals surface area contributed by atoms with E-state index in [9.17, 15) is 19.1 Å². The van der Waals surface area contributed by atoms with Gasteiger partial charge in [0.2, 0.25) is 0 Å². The first-order valence-corrected chi connectivity index (χ1v) is 6.96. The number of hydrogen-bond donors (Lipinski definition) is 2. The summed E-state index contributed by atoms with van der Waals surface area (Å²) in [5.41, 5.74) is 0. The Labute approximate surface area is 128 Å². The van der Waals surface area contributed by atoms with Crippen molar-refractivity contribution in [3.8, 4) is 5.75 Å². The van der Waals surface area contributed by atoms with Crippen LogP contribution in [-0.4, -0.2) is 52.3 Å². The lowest BCUT2D eigenvalue weighted by molar-refractivity contribution is -0.149. The summed E-state index contributed by atoms with van der Waals surface area (Å²) in [6.45, 7) is -0.558. The molecule has 6 nitrogen and oxygen atoms in total. The predicted octanol–water partition coefficient (Wildman–Crippen LogP) is 1.01. The quantitative estimate of drug-likeness (QED) is 0.835. The minimum absolute atomic E-state index is 0.0201. The van der Waals surface area contributed by atoms with Crippen LogP contribution in [0.4, 0.5) is 4.39 Å². The number of carbonyl (C=O) groups is 2. The number of carboxylic acid groups (broad SMARTS) is 1. The maximum absolute atomic E-state index is 13.5. The molecular weight excluding hydrogens is 349 g/mol. The maximum Gasteiger partial charge on any atom is 0.326 e. The van der Waals surface area contributed by atoms with E-state index in [1.54, 1.807) is 6.07 Å². The van der Waals surface area contributed by atoms with Crippen molar-refractivity contribution in [2.75, 3.05) is 13.2 Å². The molecule has 1 amide bonds. The molecule has 0 aliphatic carbocycles. The van der Waals surface area contributed by atoms with E-state index in [4.69, 9.17) is 9.84 Å². The highest BCUT2D eigenvalue weighted by Gasteiger charge is 2.38. The van der Waals surface area contributed by atoms with Crippen LogP contribution >= 0.6 is 15.9 Å². The summed E-state index contributed by atoms with van der Waals surface area (Å²) in [7, 11) is 0. The zero-order valence-corrected chi connectivity index (χ0v) is 12.4. The molecule has 1 aromatic carbocycles. The first-order chi connectivity index (χ1) is 9.88. The van der Waals surface area contributed by atoms with Crippen LogP contribution in [0.1, 0.15) is 6.42 Å². The topological polar surface area (TPSA) is 87.1 Å². The normalized spacial score (nSPS) is 21.4. The lowest BCUT2D eigenvalue weighted by Crippen LogP contribution is -2.43. The van der Waals surface area contributed by atoms with Crippen molar-refractivity contribution in [2.45, 2.75) is 18.6 Å². The van der Waals surface area contributed by atoms with Crippen molar-refractivity contribution >= 4 is 27.8 Å². The van der Waals surface area contributed by atoms with Crippen LogP contribution in [0.25, 0.3) is 0 Å². The highest BCUT2D eigenvalue weighted by molar-refractivity contribution is 9.10.